The van der Waals surface area contributed by atoms with Crippen molar-refractivity contribution in [3.05, 3.63) is 11.7 Å². The molecular formula is C16H27N3O2. The van der Waals surface area contributed by atoms with Crippen molar-refractivity contribution in [2.45, 2.75) is 70.9 Å². The maximum Gasteiger partial charge on any atom is 0.227 e. The predicted octanol–water partition coefficient (Wildman–Crippen LogP) is 2.64. The average molecular weight is 293 g/mol. The number of aryl methyl sites for hydroxylation is 1. The molecule has 1 spiro atoms. The lowest BCUT2D eigenvalue weighted by Crippen LogP contribution is -2.64. The van der Waals surface area contributed by atoms with E-state index < -0.39 is 0 Å². The molecule has 2 atom stereocenters. The molecule has 21 heavy (non-hydrogen) atoms. The first-order chi connectivity index (χ1) is 10.2. The van der Waals surface area contributed by atoms with E-state index in [9.17, 15) is 0 Å². The molecular weight excluding hydrogens is 266 g/mol. The highest BCUT2D eigenvalue weighted by atomic mass is 16.5. The van der Waals surface area contributed by atoms with Gasteiger partial charge in [0.05, 0.1) is 6.10 Å². The van der Waals surface area contributed by atoms with Gasteiger partial charge in [-0.25, -0.2) is 0 Å². The highest BCUT2D eigenvalue weighted by Crippen LogP contribution is 2.53. The zero-order valence-electron chi connectivity index (χ0n) is 13.2. The molecule has 0 saturated heterocycles. The van der Waals surface area contributed by atoms with Crippen LogP contribution in [0.3, 0.4) is 0 Å². The minimum atomic E-state index is 0.388. The fourth-order valence-electron chi connectivity index (χ4n) is 4.14. The van der Waals surface area contributed by atoms with E-state index in [-0.39, 0.29) is 0 Å². The molecule has 2 aliphatic rings. The average Bonchev–Trinajstić information content (AvgIpc) is 2.92. The van der Waals surface area contributed by atoms with E-state index in [0.29, 0.717) is 23.4 Å². The Kier molecular flexibility index (Phi) is 4.60. The largest absolute Gasteiger partial charge is 0.378 e. The Hall–Kier alpha value is -0.940. The Morgan fingerprint density at radius 3 is 2.81 bits per heavy atom. The van der Waals surface area contributed by atoms with Crippen molar-refractivity contribution in [3.63, 3.8) is 0 Å². The second-order valence-electron chi connectivity index (χ2n) is 6.47. The summed E-state index contributed by atoms with van der Waals surface area (Å²) in [6, 6.07) is 0.596. The molecule has 0 aliphatic heterocycles. The standard InChI is InChI=1S/C16H27N3O2/c1-3-20-14-11-13(16(14)8-5-4-6-9-16)17-10-7-15-18-12(2)19-21-15/h13-14,17H,3-11H2,1-2H3. The number of hydrogen-bond donors (Lipinski definition) is 1. The summed E-state index contributed by atoms with van der Waals surface area (Å²) in [5.41, 5.74) is 0.388. The molecule has 0 radical (unpaired) electrons. The SMILES string of the molecule is CCOC1CC(NCCc2nc(C)no2)C12CCCCC2. The maximum absolute atomic E-state index is 5.99. The van der Waals surface area contributed by atoms with Gasteiger partial charge in [0.2, 0.25) is 5.89 Å². The van der Waals surface area contributed by atoms with Gasteiger partial charge in [0.15, 0.2) is 5.82 Å². The van der Waals surface area contributed by atoms with Gasteiger partial charge in [-0.1, -0.05) is 24.4 Å². The summed E-state index contributed by atoms with van der Waals surface area (Å²) >= 11 is 0. The van der Waals surface area contributed by atoms with Crippen LogP contribution >= 0.6 is 0 Å². The number of rotatable bonds is 6. The zero-order chi connectivity index (χ0) is 14.7. The summed E-state index contributed by atoms with van der Waals surface area (Å²) in [5.74, 6) is 1.45. The molecule has 1 N–H and O–H groups in total. The zero-order valence-corrected chi connectivity index (χ0v) is 13.2. The van der Waals surface area contributed by atoms with Crippen LogP contribution in [0, 0.1) is 12.3 Å². The smallest absolute Gasteiger partial charge is 0.227 e. The number of nitrogens with one attached hydrogen (secondary N) is 1. The van der Waals surface area contributed by atoms with E-state index in [1.54, 1.807) is 0 Å². The lowest BCUT2D eigenvalue weighted by atomic mass is 9.55. The molecule has 118 valence electrons. The van der Waals surface area contributed by atoms with Gasteiger partial charge in [0.1, 0.15) is 0 Å². The summed E-state index contributed by atoms with van der Waals surface area (Å²) in [6.45, 7) is 5.71. The molecule has 1 heterocycles. The molecule has 0 bridgehead atoms. The number of hydrogen-bond acceptors (Lipinski definition) is 5. The topological polar surface area (TPSA) is 60.2 Å². The quantitative estimate of drug-likeness (QED) is 0.873. The predicted molar refractivity (Wildman–Crippen MR) is 80.1 cm³/mol. The molecule has 1 aromatic heterocycles. The van der Waals surface area contributed by atoms with Crippen molar-refractivity contribution in [3.8, 4) is 0 Å². The van der Waals surface area contributed by atoms with Gasteiger partial charge in [-0.2, -0.15) is 4.98 Å². The van der Waals surface area contributed by atoms with Crippen LogP contribution in [0.2, 0.25) is 0 Å². The van der Waals surface area contributed by atoms with Crippen molar-refractivity contribution >= 4 is 0 Å². The number of aromatic nitrogens is 2. The summed E-state index contributed by atoms with van der Waals surface area (Å²) in [5, 5.41) is 7.55. The van der Waals surface area contributed by atoms with Crippen LogP contribution in [0.15, 0.2) is 4.52 Å². The Balaban J connectivity index is 1.52. The van der Waals surface area contributed by atoms with E-state index in [1.807, 2.05) is 6.92 Å². The van der Waals surface area contributed by atoms with Crippen LogP contribution in [-0.4, -0.2) is 35.4 Å². The molecule has 1 aromatic rings. The molecule has 2 saturated carbocycles. The monoisotopic (exact) mass is 293 g/mol. The summed E-state index contributed by atoms with van der Waals surface area (Å²) in [4.78, 5) is 4.26. The van der Waals surface area contributed by atoms with Gasteiger partial charge in [0.25, 0.3) is 0 Å². The van der Waals surface area contributed by atoms with Gasteiger partial charge in [0, 0.05) is 31.0 Å². The maximum atomic E-state index is 5.99. The van der Waals surface area contributed by atoms with Gasteiger partial charge >= 0.3 is 0 Å². The fourth-order valence-corrected chi connectivity index (χ4v) is 4.14. The van der Waals surface area contributed by atoms with Crippen LogP contribution < -0.4 is 5.32 Å². The molecule has 0 aromatic carbocycles. The highest BCUT2D eigenvalue weighted by Gasteiger charge is 2.55. The molecule has 2 unspecified atom stereocenters. The fraction of sp³-hybridized carbons (Fsp3) is 0.875. The first-order valence-corrected chi connectivity index (χ1v) is 8.39. The minimum Gasteiger partial charge on any atom is -0.378 e. The van der Waals surface area contributed by atoms with Crippen molar-refractivity contribution in [1.29, 1.82) is 0 Å². The van der Waals surface area contributed by atoms with Crippen molar-refractivity contribution in [1.82, 2.24) is 15.5 Å². The third kappa shape index (κ3) is 2.99. The Morgan fingerprint density at radius 2 is 2.14 bits per heavy atom. The minimum absolute atomic E-state index is 0.388. The van der Waals surface area contributed by atoms with Crippen LogP contribution in [0.4, 0.5) is 0 Å². The van der Waals surface area contributed by atoms with Crippen LogP contribution in [0.1, 0.15) is 57.2 Å². The first kappa shape index (κ1) is 15.0. The van der Waals surface area contributed by atoms with E-state index >= 15 is 0 Å². The van der Waals surface area contributed by atoms with Crippen molar-refractivity contribution in [2.75, 3.05) is 13.2 Å². The molecule has 0 amide bonds. The van der Waals surface area contributed by atoms with E-state index in [0.717, 1.165) is 31.9 Å². The van der Waals surface area contributed by atoms with Gasteiger partial charge in [-0.15, -0.1) is 0 Å². The molecule has 2 aliphatic carbocycles. The Morgan fingerprint density at radius 1 is 1.33 bits per heavy atom. The first-order valence-electron chi connectivity index (χ1n) is 8.39. The van der Waals surface area contributed by atoms with E-state index in [4.69, 9.17) is 9.26 Å². The Labute approximate surface area is 126 Å². The normalized spacial score (nSPS) is 27.7. The molecule has 5 nitrogen and oxygen atoms in total. The van der Waals surface area contributed by atoms with Crippen molar-refractivity contribution in [2.24, 2.45) is 5.41 Å². The third-order valence-electron chi connectivity index (χ3n) is 5.24. The molecule has 3 rings (SSSR count). The number of nitrogens with zero attached hydrogens (tertiary/aromatic N) is 2. The van der Waals surface area contributed by atoms with Crippen molar-refractivity contribution < 1.29 is 9.26 Å². The third-order valence-corrected chi connectivity index (χ3v) is 5.24. The lowest BCUT2D eigenvalue weighted by Gasteiger charge is -2.58. The van der Waals surface area contributed by atoms with E-state index in [1.165, 1.54) is 32.1 Å². The molecule has 5 heteroatoms. The summed E-state index contributed by atoms with van der Waals surface area (Å²) in [7, 11) is 0. The van der Waals surface area contributed by atoms with Crippen LogP contribution in [0.5, 0.6) is 0 Å². The summed E-state index contributed by atoms with van der Waals surface area (Å²) in [6.07, 6.45) is 9.14. The van der Waals surface area contributed by atoms with Gasteiger partial charge in [-0.3, -0.25) is 0 Å². The van der Waals surface area contributed by atoms with Gasteiger partial charge < -0.3 is 14.6 Å². The van der Waals surface area contributed by atoms with Crippen LogP contribution in [-0.2, 0) is 11.2 Å². The van der Waals surface area contributed by atoms with Gasteiger partial charge in [-0.05, 0) is 33.1 Å². The summed E-state index contributed by atoms with van der Waals surface area (Å²) < 4.78 is 11.2. The lowest BCUT2D eigenvalue weighted by molar-refractivity contribution is -0.149. The number of ether oxygens (including phenoxy) is 1. The Bertz CT molecular complexity index is 454. The highest BCUT2D eigenvalue weighted by molar-refractivity contribution is 5.09. The second-order valence-corrected chi connectivity index (χ2v) is 6.47. The molecule has 2 fully saturated rings. The van der Waals surface area contributed by atoms with Crippen LogP contribution in [0.25, 0.3) is 0 Å². The van der Waals surface area contributed by atoms with E-state index in [2.05, 4.69) is 22.4 Å². The second kappa shape index (κ2) is 6.44.